The third kappa shape index (κ3) is 3.38. The summed E-state index contributed by atoms with van der Waals surface area (Å²) in [4.78, 5) is 17.9. The van der Waals surface area contributed by atoms with Crippen molar-refractivity contribution in [3.05, 3.63) is 110 Å². The van der Waals surface area contributed by atoms with Gasteiger partial charge in [-0.2, -0.15) is 0 Å². The van der Waals surface area contributed by atoms with Crippen LogP contribution in [0.25, 0.3) is 55.4 Å². The Morgan fingerprint density at radius 2 is 1.22 bits per heavy atom. The maximum absolute atomic E-state index is 4.84. The molecule has 3 heterocycles. The molecule has 0 atom stereocenters. The molecule has 0 amide bonds. The number of fused-ring (bicyclic) bond motifs is 2. The number of hydrogen-bond acceptors (Lipinski definition) is 4. The average molecular weight is 410 g/mol. The first-order valence-corrected chi connectivity index (χ1v) is 10.5. The van der Waals surface area contributed by atoms with Crippen LogP contribution in [0.1, 0.15) is 0 Å². The molecule has 0 saturated heterocycles. The van der Waals surface area contributed by atoms with Crippen molar-refractivity contribution in [2.24, 2.45) is 0 Å². The van der Waals surface area contributed by atoms with Crippen molar-refractivity contribution in [2.45, 2.75) is 0 Å². The summed E-state index contributed by atoms with van der Waals surface area (Å²) >= 11 is 0. The molecule has 150 valence electrons. The van der Waals surface area contributed by atoms with Crippen molar-refractivity contribution in [3.63, 3.8) is 0 Å². The van der Waals surface area contributed by atoms with Gasteiger partial charge in [-0.15, -0.1) is 0 Å². The van der Waals surface area contributed by atoms with Crippen LogP contribution in [0, 0.1) is 0 Å². The van der Waals surface area contributed by atoms with Gasteiger partial charge in [0.1, 0.15) is 5.69 Å². The van der Waals surface area contributed by atoms with Crippen LogP contribution in [0.3, 0.4) is 0 Å². The van der Waals surface area contributed by atoms with E-state index in [9.17, 15) is 0 Å². The van der Waals surface area contributed by atoms with E-state index < -0.39 is 0 Å². The number of nitrogens with zero attached hydrogens (tertiary/aromatic N) is 4. The Kier molecular flexibility index (Phi) is 4.40. The molecule has 0 aliphatic carbocycles. The van der Waals surface area contributed by atoms with Crippen molar-refractivity contribution >= 4 is 21.5 Å². The van der Waals surface area contributed by atoms with E-state index in [2.05, 4.69) is 81.7 Å². The van der Waals surface area contributed by atoms with Crippen molar-refractivity contribution in [2.75, 3.05) is 0 Å². The number of benzene rings is 3. The Balaban J connectivity index is 1.55. The Morgan fingerprint density at radius 3 is 2.00 bits per heavy atom. The van der Waals surface area contributed by atoms with Crippen LogP contribution in [0.15, 0.2) is 110 Å². The van der Waals surface area contributed by atoms with Gasteiger partial charge in [0, 0.05) is 30.4 Å². The van der Waals surface area contributed by atoms with E-state index in [0.29, 0.717) is 5.82 Å². The lowest BCUT2D eigenvalue weighted by Crippen LogP contribution is -1.95. The van der Waals surface area contributed by atoms with Crippen LogP contribution in [-0.4, -0.2) is 19.9 Å². The highest BCUT2D eigenvalue weighted by atomic mass is 14.9. The van der Waals surface area contributed by atoms with Gasteiger partial charge < -0.3 is 0 Å². The summed E-state index contributed by atoms with van der Waals surface area (Å²) in [6, 6.07) is 29.4. The number of rotatable bonds is 3. The van der Waals surface area contributed by atoms with Crippen LogP contribution in [0.4, 0.5) is 0 Å². The lowest BCUT2D eigenvalue weighted by Gasteiger charge is -2.10. The first kappa shape index (κ1) is 18.3. The van der Waals surface area contributed by atoms with Crippen molar-refractivity contribution in [1.82, 2.24) is 19.9 Å². The maximum Gasteiger partial charge on any atom is 0.178 e. The Labute approximate surface area is 185 Å². The van der Waals surface area contributed by atoms with Crippen molar-refractivity contribution < 1.29 is 0 Å². The van der Waals surface area contributed by atoms with E-state index in [-0.39, 0.29) is 0 Å². The zero-order chi connectivity index (χ0) is 21.3. The molecule has 3 aromatic carbocycles. The smallest absolute Gasteiger partial charge is 0.178 e. The largest absolute Gasteiger partial charge is 0.264 e. The molecule has 6 rings (SSSR count). The van der Waals surface area contributed by atoms with Crippen LogP contribution in [0.5, 0.6) is 0 Å². The number of pyridine rings is 2. The second-order valence-corrected chi connectivity index (χ2v) is 7.70. The molecule has 3 aromatic heterocycles. The standard InChI is InChI=1S/C28H18N4/c1-2-6-20-14-24-15-22(9-8-21(24)13-19(20)5-1)25-16-26(23-7-3-10-29-18-23)32-27(17-25)28-30-11-4-12-31-28/h1-18H. The second-order valence-electron chi connectivity index (χ2n) is 7.70. The average Bonchev–Trinajstić information content (AvgIpc) is 2.88. The highest BCUT2D eigenvalue weighted by molar-refractivity contribution is 5.99. The van der Waals surface area contributed by atoms with E-state index in [1.165, 1.54) is 21.5 Å². The molecule has 4 heteroatoms. The van der Waals surface area contributed by atoms with E-state index in [1.807, 2.05) is 24.4 Å². The lowest BCUT2D eigenvalue weighted by molar-refractivity contribution is 1.14. The van der Waals surface area contributed by atoms with Gasteiger partial charge in [0.2, 0.25) is 0 Å². The molecular weight excluding hydrogens is 392 g/mol. The Morgan fingerprint density at radius 1 is 0.469 bits per heavy atom. The van der Waals surface area contributed by atoms with E-state index in [1.54, 1.807) is 18.6 Å². The summed E-state index contributed by atoms with van der Waals surface area (Å²) in [6.45, 7) is 0. The van der Waals surface area contributed by atoms with Crippen LogP contribution >= 0.6 is 0 Å². The van der Waals surface area contributed by atoms with E-state index >= 15 is 0 Å². The molecule has 0 aliphatic heterocycles. The van der Waals surface area contributed by atoms with Gasteiger partial charge in [0.05, 0.1) is 5.69 Å². The molecule has 0 radical (unpaired) electrons. The molecular formula is C28H18N4. The van der Waals surface area contributed by atoms with Gasteiger partial charge in [-0.05, 0) is 81.2 Å². The topological polar surface area (TPSA) is 51.6 Å². The van der Waals surface area contributed by atoms with E-state index in [0.717, 1.165) is 28.1 Å². The molecule has 0 saturated carbocycles. The van der Waals surface area contributed by atoms with Gasteiger partial charge in [-0.1, -0.05) is 36.4 Å². The quantitative estimate of drug-likeness (QED) is 0.310. The highest BCUT2D eigenvalue weighted by Crippen LogP contribution is 2.32. The summed E-state index contributed by atoms with van der Waals surface area (Å²) in [7, 11) is 0. The minimum Gasteiger partial charge on any atom is -0.264 e. The van der Waals surface area contributed by atoms with Gasteiger partial charge in [-0.3, -0.25) is 4.98 Å². The Hall–Kier alpha value is -4.44. The first-order chi connectivity index (χ1) is 15.8. The molecule has 32 heavy (non-hydrogen) atoms. The summed E-state index contributed by atoms with van der Waals surface area (Å²) in [5.41, 5.74) is 4.73. The summed E-state index contributed by atoms with van der Waals surface area (Å²) in [5.74, 6) is 0.603. The maximum atomic E-state index is 4.84. The zero-order valence-electron chi connectivity index (χ0n) is 17.2. The van der Waals surface area contributed by atoms with Gasteiger partial charge in [-0.25, -0.2) is 15.0 Å². The highest BCUT2D eigenvalue weighted by Gasteiger charge is 2.11. The van der Waals surface area contributed by atoms with Crippen LogP contribution in [0.2, 0.25) is 0 Å². The van der Waals surface area contributed by atoms with Crippen LogP contribution in [-0.2, 0) is 0 Å². The Bertz CT molecular complexity index is 1500. The summed E-state index contributed by atoms with van der Waals surface area (Å²) in [6.07, 6.45) is 7.07. The number of aromatic nitrogens is 4. The van der Waals surface area contributed by atoms with Crippen molar-refractivity contribution in [1.29, 1.82) is 0 Å². The normalized spacial score (nSPS) is 11.1. The molecule has 6 aromatic rings. The predicted octanol–water partition coefficient (Wildman–Crippen LogP) is 6.57. The molecule has 0 bridgehead atoms. The second kappa shape index (κ2) is 7.67. The molecule has 0 fully saturated rings. The minimum absolute atomic E-state index is 0.603. The van der Waals surface area contributed by atoms with Crippen LogP contribution < -0.4 is 0 Å². The monoisotopic (exact) mass is 410 g/mol. The summed E-state index contributed by atoms with van der Waals surface area (Å²) in [5, 5.41) is 4.92. The van der Waals surface area contributed by atoms with Crippen molar-refractivity contribution in [3.8, 4) is 33.9 Å². The fourth-order valence-electron chi connectivity index (χ4n) is 4.02. The number of hydrogen-bond donors (Lipinski definition) is 0. The molecule has 0 unspecified atom stereocenters. The lowest BCUT2D eigenvalue weighted by atomic mass is 9.97. The van der Waals surface area contributed by atoms with Gasteiger partial charge >= 0.3 is 0 Å². The third-order valence-corrected chi connectivity index (χ3v) is 5.62. The molecule has 0 spiro atoms. The molecule has 0 aliphatic rings. The first-order valence-electron chi connectivity index (χ1n) is 10.5. The van der Waals surface area contributed by atoms with Gasteiger partial charge in [0.25, 0.3) is 0 Å². The fourth-order valence-corrected chi connectivity index (χ4v) is 4.02. The molecule has 4 nitrogen and oxygen atoms in total. The minimum atomic E-state index is 0.603. The SMILES string of the molecule is c1cnc(-c2cc(-c3ccc4cc5ccccc5cc4c3)cc(-c3cccnc3)n2)nc1. The zero-order valence-corrected chi connectivity index (χ0v) is 17.2. The predicted molar refractivity (Wildman–Crippen MR) is 129 cm³/mol. The fraction of sp³-hybridized carbons (Fsp3) is 0. The molecule has 0 N–H and O–H groups in total. The third-order valence-electron chi connectivity index (χ3n) is 5.62. The van der Waals surface area contributed by atoms with E-state index in [4.69, 9.17) is 4.98 Å². The summed E-state index contributed by atoms with van der Waals surface area (Å²) < 4.78 is 0. The van der Waals surface area contributed by atoms with Gasteiger partial charge in [0.15, 0.2) is 5.82 Å².